The van der Waals surface area contributed by atoms with Crippen LogP contribution in [0.4, 0.5) is 5.69 Å². The molecule has 2 rings (SSSR count). The van der Waals surface area contributed by atoms with Crippen LogP contribution in [0.5, 0.6) is 5.88 Å². The Kier molecular flexibility index (Phi) is 4.05. The number of anilines is 1. The van der Waals surface area contributed by atoms with Crippen LogP contribution in [0, 0.1) is 6.92 Å². The Labute approximate surface area is 112 Å². The lowest BCUT2D eigenvalue weighted by Crippen LogP contribution is -2.00. The maximum Gasteiger partial charge on any atom is 0.212 e. The smallest absolute Gasteiger partial charge is 0.212 e. The first-order valence-electron chi connectivity index (χ1n) is 5.68. The number of halogens is 1. The number of methoxy groups -OCH3 is 1. The fraction of sp³-hybridized carbons (Fsp3) is 0.214. The maximum absolute atomic E-state index is 6.07. The van der Waals surface area contributed by atoms with E-state index in [2.05, 4.69) is 10.3 Å². The number of benzene rings is 1. The summed E-state index contributed by atoms with van der Waals surface area (Å²) in [5.41, 5.74) is 3.17. The third kappa shape index (κ3) is 3.14. The highest BCUT2D eigenvalue weighted by atomic mass is 35.5. The molecule has 0 aliphatic rings. The van der Waals surface area contributed by atoms with Crippen LogP contribution in [0.3, 0.4) is 0 Å². The average Bonchev–Trinajstić information content (AvgIpc) is 2.41. The average molecular weight is 263 g/mol. The van der Waals surface area contributed by atoms with Crippen LogP contribution in [0.25, 0.3) is 0 Å². The fourth-order valence-corrected chi connectivity index (χ4v) is 1.72. The van der Waals surface area contributed by atoms with E-state index in [9.17, 15) is 0 Å². The number of hydrogen-bond acceptors (Lipinski definition) is 3. The molecule has 0 atom stereocenters. The number of hydrogen-bond donors (Lipinski definition) is 1. The van der Waals surface area contributed by atoms with Crippen LogP contribution in [0.15, 0.2) is 36.5 Å². The largest absolute Gasteiger partial charge is 0.481 e. The van der Waals surface area contributed by atoms with Gasteiger partial charge in [0.2, 0.25) is 5.88 Å². The zero-order valence-electron chi connectivity index (χ0n) is 10.4. The lowest BCUT2D eigenvalue weighted by atomic mass is 10.2. The van der Waals surface area contributed by atoms with Gasteiger partial charge in [-0.2, -0.15) is 0 Å². The summed E-state index contributed by atoms with van der Waals surface area (Å²) in [5, 5.41) is 4.07. The molecule has 0 bridgehead atoms. The van der Waals surface area contributed by atoms with Gasteiger partial charge in [-0.15, -0.1) is 0 Å². The molecule has 1 N–H and O–H groups in total. The van der Waals surface area contributed by atoms with Crippen LogP contribution in [0.1, 0.15) is 11.1 Å². The quantitative estimate of drug-likeness (QED) is 0.913. The molecule has 1 aromatic carbocycles. The van der Waals surface area contributed by atoms with Crippen molar-refractivity contribution in [2.24, 2.45) is 0 Å². The van der Waals surface area contributed by atoms with Gasteiger partial charge in [0.15, 0.2) is 0 Å². The number of ether oxygens (including phenoxy) is 1. The fourth-order valence-electron chi connectivity index (χ4n) is 1.54. The second-order valence-corrected chi connectivity index (χ2v) is 4.43. The SMILES string of the molecule is COc1ccc(CNc2ccc(C)c(Cl)c2)cn1. The minimum absolute atomic E-state index is 0.622. The third-order valence-electron chi connectivity index (χ3n) is 2.68. The first-order valence-corrected chi connectivity index (χ1v) is 6.06. The van der Waals surface area contributed by atoms with Crippen molar-refractivity contribution in [2.45, 2.75) is 13.5 Å². The summed E-state index contributed by atoms with van der Waals surface area (Å²) in [6, 6.07) is 9.76. The highest BCUT2D eigenvalue weighted by Gasteiger charge is 1.99. The van der Waals surface area contributed by atoms with Crippen LogP contribution in [-0.4, -0.2) is 12.1 Å². The highest BCUT2D eigenvalue weighted by molar-refractivity contribution is 6.31. The Hall–Kier alpha value is -1.74. The second kappa shape index (κ2) is 5.74. The predicted molar refractivity (Wildman–Crippen MR) is 74.3 cm³/mol. The van der Waals surface area contributed by atoms with Crippen molar-refractivity contribution >= 4 is 17.3 Å². The molecule has 0 spiro atoms. The van der Waals surface area contributed by atoms with Gasteiger partial charge in [-0.05, 0) is 30.2 Å². The van der Waals surface area contributed by atoms with Crippen molar-refractivity contribution in [1.29, 1.82) is 0 Å². The number of nitrogens with zero attached hydrogens (tertiary/aromatic N) is 1. The van der Waals surface area contributed by atoms with Crippen molar-refractivity contribution in [3.05, 3.63) is 52.7 Å². The number of rotatable bonds is 4. The predicted octanol–water partition coefficient (Wildman–Crippen LogP) is 3.66. The van der Waals surface area contributed by atoms with Gasteiger partial charge in [-0.3, -0.25) is 0 Å². The van der Waals surface area contributed by atoms with Gasteiger partial charge in [0.05, 0.1) is 7.11 Å². The molecule has 0 saturated carbocycles. The molecule has 4 heteroatoms. The van der Waals surface area contributed by atoms with Crippen molar-refractivity contribution in [3.63, 3.8) is 0 Å². The molecule has 0 aliphatic heterocycles. The van der Waals surface area contributed by atoms with Crippen LogP contribution in [0.2, 0.25) is 5.02 Å². The lowest BCUT2D eigenvalue weighted by molar-refractivity contribution is 0.397. The van der Waals surface area contributed by atoms with E-state index >= 15 is 0 Å². The van der Waals surface area contributed by atoms with Crippen molar-refractivity contribution in [3.8, 4) is 5.88 Å². The molecule has 1 aromatic heterocycles. The second-order valence-electron chi connectivity index (χ2n) is 4.03. The van der Waals surface area contributed by atoms with Gasteiger partial charge < -0.3 is 10.1 Å². The Balaban J connectivity index is 1.99. The van der Waals surface area contributed by atoms with E-state index in [1.54, 1.807) is 13.3 Å². The van der Waals surface area contributed by atoms with E-state index in [0.717, 1.165) is 21.8 Å². The molecule has 0 radical (unpaired) electrons. The van der Waals surface area contributed by atoms with Gasteiger partial charge >= 0.3 is 0 Å². The molecule has 1 heterocycles. The molecular formula is C14H15ClN2O. The lowest BCUT2D eigenvalue weighted by Gasteiger charge is -2.08. The molecule has 0 saturated heterocycles. The first kappa shape index (κ1) is 12.7. The van der Waals surface area contributed by atoms with Gasteiger partial charge in [0, 0.05) is 29.5 Å². The molecule has 3 nitrogen and oxygen atoms in total. The maximum atomic E-state index is 6.07. The summed E-state index contributed by atoms with van der Waals surface area (Å²) in [5.74, 6) is 0.622. The molecule has 94 valence electrons. The standard InChI is InChI=1S/C14H15ClN2O/c1-10-3-5-12(7-13(10)15)16-8-11-4-6-14(18-2)17-9-11/h3-7,9,16H,8H2,1-2H3. The molecule has 0 aliphatic carbocycles. The highest BCUT2D eigenvalue weighted by Crippen LogP contribution is 2.20. The molecule has 0 unspecified atom stereocenters. The van der Waals surface area contributed by atoms with Crippen LogP contribution in [-0.2, 0) is 6.54 Å². The van der Waals surface area contributed by atoms with E-state index in [0.29, 0.717) is 12.4 Å². The monoisotopic (exact) mass is 262 g/mol. The summed E-state index contributed by atoms with van der Waals surface area (Å²) in [7, 11) is 1.61. The Morgan fingerprint density at radius 2 is 2.11 bits per heavy atom. The van der Waals surface area contributed by atoms with E-state index in [-0.39, 0.29) is 0 Å². The van der Waals surface area contributed by atoms with Gasteiger partial charge in [0.25, 0.3) is 0 Å². The number of pyridine rings is 1. The normalized spacial score (nSPS) is 10.2. The van der Waals surface area contributed by atoms with Crippen LogP contribution >= 0.6 is 11.6 Å². The van der Waals surface area contributed by atoms with Crippen molar-refractivity contribution in [1.82, 2.24) is 4.98 Å². The third-order valence-corrected chi connectivity index (χ3v) is 3.08. The zero-order valence-corrected chi connectivity index (χ0v) is 11.2. The minimum atomic E-state index is 0.622. The molecule has 0 fully saturated rings. The van der Waals surface area contributed by atoms with Gasteiger partial charge in [-0.1, -0.05) is 23.7 Å². The zero-order chi connectivity index (χ0) is 13.0. The number of aromatic nitrogens is 1. The van der Waals surface area contributed by atoms with E-state index in [1.807, 2.05) is 37.3 Å². The molecule has 18 heavy (non-hydrogen) atoms. The van der Waals surface area contributed by atoms with E-state index in [4.69, 9.17) is 16.3 Å². The number of nitrogens with one attached hydrogen (secondary N) is 1. The summed E-state index contributed by atoms with van der Waals surface area (Å²) >= 11 is 6.07. The molecule has 0 amide bonds. The van der Waals surface area contributed by atoms with E-state index < -0.39 is 0 Å². The topological polar surface area (TPSA) is 34.1 Å². The van der Waals surface area contributed by atoms with Gasteiger partial charge in [0.1, 0.15) is 0 Å². The summed E-state index contributed by atoms with van der Waals surface area (Å²) in [6.07, 6.45) is 1.79. The number of aryl methyl sites for hydroxylation is 1. The summed E-state index contributed by atoms with van der Waals surface area (Å²) in [6.45, 7) is 2.69. The Morgan fingerprint density at radius 1 is 1.28 bits per heavy atom. The Morgan fingerprint density at radius 3 is 2.72 bits per heavy atom. The first-order chi connectivity index (χ1) is 8.69. The summed E-state index contributed by atoms with van der Waals surface area (Å²) < 4.78 is 5.01. The van der Waals surface area contributed by atoms with Crippen molar-refractivity contribution in [2.75, 3.05) is 12.4 Å². The van der Waals surface area contributed by atoms with Gasteiger partial charge in [-0.25, -0.2) is 4.98 Å². The Bertz CT molecular complexity index is 526. The summed E-state index contributed by atoms with van der Waals surface area (Å²) in [4.78, 5) is 4.15. The van der Waals surface area contributed by atoms with Crippen LogP contribution < -0.4 is 10.1 Å². The van der Waals surface area contributed by atoms with Crippen molar-refractivity contribution < 1.29 is 4.74 Å². The van der Waals surface area contributed by atoms with E-state index in [1.165, 1.54) is 0 Å². The minimum Gasteiger partial charge on any atom is -0.481 e. The molecule has 2 aromatic rings. The molecular weight excluding hydrogens is 248 g/mol.